The van der Waals surface area contributed by atoms with Crippen LogP contribution in [-0.2, 0) is 6.54 Å². The van der Waals surface area contributed by atoms with Crippen molar-refractivity contribution in [2.24, 2.45) is 5.92 Å². The Morgan fingerprint density at radius 3 is 2.93 bits per heavy atom. The molecule has 0 radical (unpaired) electrons. The normalized spacial score (nSPS) is 18.8. The summed E-state index contributed by atoms with van der Waals surface area (Å²) in [4.78, 5) is 0. The van der Waals surface area contributed by atoms with Crippen LogP contribution in [0.15, 0.2) is 12.4 Å². The molecule has 0 bridgehead atoms. The van der Waals surface area contributed by atoms with E-state index in [1.54, 1.807) is 0 Å². The van der Waals surface area contributed by atoms with Crippen LogP contribution in [0, 0.1) is 5.92 Å². The van der Waals surface area contributed by atoms with Gasteiger partial charge in [-0.15, -0.1) is 0 Å². The van der Waals surface area contributed by atoms with Crippen molar-refractivity contribution in [3.8, 4) is 0 Å². The Labute approximate surface area is 91.9 Å². The van der Waals surface area contributed by atoms with Gasteiger partial charge < -0.3 is 5.32 Å². The Balaban J connectivity index is 2.04. The van der Waals surface area contributed by atoms with Crippen molar-refractivity contribution >= 4 is 0 Å². The van der Waals surface area contributed by atoms with Crippen LogP contribution < -0.4 is 5.32 Å². The molecule has 1 N–H and O–H groups in total. The van der Waals surface area contributed by atoms with Crippen molar-refractivity contribution in [3.63, 3.8) is 0 Å². The smallest absolute Gasteiger partial charge is 0.0537 e. The van der Waals surface area contributed by atoms with Gasteiger partial charge in [-0.3, -0.25) is 4.68 Å². The minimum atomic E-state index is 0.518. The predicted octanol–water partition coefficient (Wildman–Crippen LogP) is 2.35. The summed E-state index contributed by atoms with van der Waals surface area (Å²) in [6.07, 6.45) is 9.49. The molecule has 1 unspecified atom stereocenters. The minimum absolute atomic E-state index is 0.518. The molecule has 3 heteroatoms. The average molecular weight is 207 g/mol. The van der Waals surface area contributed by atoms with Gasteiger partial charge in [-0.25, -0.2) is 0 Å². The fraction of sp³-hybridized carbons (Fsp3) is 0.750. The lowest BCUT2D eigenvalue weighted by Gasteiger charge is -2.33. The van der Waals surface area contributed by atoms with Gasteiger partial charge in [0.05, 0.1) is 6.20 Å². The van der Waals surface area contributed by atoms with Crippen LogP contribution in [0.5, 0.6) is 0 Å². The second kappa shape index (κ2) is 4.79. The lowest BCUT2D eigenvalue weighted by atomic mass is 9.78. The first-order valence-electron chi connectivity index (χ1n) is 6.04. The molecule has 2 rings (SSSR count). The molecule has 1 fully saturated rings. The number of aryl methyl sites for hydroxylation is 1. The highest BCUT2D eigenvalue weighted by Gasteiger charge is 2.27. The summed E-state index contributed by atoms with van der Waals surface area (Å²) in [5.41, 5.74) is 1.36. The van der Waals surface area contributed by atoms with Gasteiger partial charge in [0.15, 0.2) is 0 Å². The maximum atomic E-state index is 4.39. The van der Waals surface area contributed by atoms with Crippen LogP contribution in [0.25, 0.3) is 0 Å². The number of aromatic nitrogens is 2. The first-order chi connectivity index (χ1) is 7.35. The third-order valence-corrected chi connectivity index (χ3v) is 3.40. The molecule has 84 valence electrons. The summed E-state index contributed by atoms with van der Waals surface area (Å²) < 4.78 is 2.05. The van der Waals surface area contributed by atoms with Crippen LogP contribution in [0.1, 0.15) is 44.2 Å². The number of nitrogens with zero attached hydrogens (tertiary/aromatic N) is 2. The lowest BCUT2D eigenvalue weighted by molar-refractivity contribution is 0.239. The number of hydrogen-bond donors (Lipinski definition) is 1. The van der Waals surface area contributed by atoms with E-state index in [1.807, 2.05) is 6.20 Å². The van der Waals surface area contributed by atoms with Gasteiger partial charge in [0.1, 0.15) is 0 Å². The van der Waals surface area contributed by atoms with E-state index in [0.29, 0.717) is 6.04 Å². The van der Waals surface area contributed by atoms with E-state index in [1.165, 1.54) is 24.8 Å². The number of rotatable bonds is 5. The van der Waals surface area contributed by atoms with Gasteiger partial charge in [-0.05, 0) is 32.2 Å². The highest BCUT2D eigenvalue weighted by Crippen LogP contribution is 2.37. The molecule has 15 heavy (non-hydrogen) atoms. The van der Waals surface area contributed by atoms with E-state index < -0.39 is 0 Å². The van der Waals surface area contributed by atoms with Crippen molar-refractivity contribution in [3.05, 3.63) is 18.0 Å². The topological polar surface area (TPSA) is 29.9 Å². The maximum Gasteiger partial charge on any atom is 0.0537 e. The van der Waals surface area contributed by atoms with Gasteiger partial charge in [0.2, 0.25) is 0 Å². The van der Waals surface area contributed by atoms with Crippen LogP contribution >= 0.6 is 0 Å². The zero-order chi connectivity index (χ0) is 10.7. The van der Waals surface area contributed by atoms with E-state index in [-0.39, 0.29) is 0 Å². The van der Waals surface area contributed by atoms with Crippen LogP contribution in [0.2, 0.25) is 0 Å². The molecule has 0 saturated heterocycles. The molecule has 1 aromatic rings. The Morgan fingerprint density at radius 2 is 2.40 bits per heavy atom. The number of hydrogen-bond acceptors (Lipinski definition) is 2. The highest BCUT2D eigenvalue weighted by atomic mass is 15.3. The highest BCUT2D eigenvalue weighted by molar-refractivity contribution is 5.12. The van der Waals surface area contributed by atoms with Gasteiger partial charge in [0, 0.05) is 24.3 Å². The van der Waals surface area contributed by atoms with E-state index in [9.17, 15) is 0 Å². The van der Waals surface area contributed by atoms with Crippen molar-refractivity contribution < 1.29 is 0 Å². The zero-order valence-corrected chi connectivity index (χ0v) is 9.74. The summed E-state index contributed by atoms with van der Waals surface area (Å²) in [5.74, 6) is 0.828. The molecule has 1 aromatic heterocycles. The molecule has 0 aromatic carbocycles. The van der Waals surface area contributed by atoms with Crippen molar-refractivity contribution in [2.75, 3.05) is 7.05 Å². The summed E-state index contributed by atoms with van der Waals surface area (Å²) in [7, 11) is 2.06. The second-order valence-corrected chi connectivity index (χ2v) is 4.49. The summed E-state index contributed by atoms with van der Waals surface area (Å²) in [6, 6.07) is 0.518. The molecule has 1 aliphatic rings. The third-order valence-electron chi connectivity index (χ3n) is 3.40. The largest absolute Gasteiger partial charge is 0.313 e. The van der Waals surface area contributed by atoms with Crippen LogP contribution in [-0.4, -0.2) is 16.8 Å². The van der Waals surface area contributed by atoms with Crippen molar-refractivity contribution in [1.82, 2.24) is 15.1 Å². The van der Waals surface area contributed by atoms with Crippen molar-refractivity contribution in [2.45, 2.75) is 45.2 Å². The molecule has 1 heterocycles. The monoisotopic (exact) mass is 207 g/mol. The van der Waals surface area contributed by atoms with Gasteiger partial charge in [-0.2, -0.15) is 5.10 Å². The Bertz CT molecular complexity index is 302. The molecule has 1 aliphatic carbocycles. The molecule has 1 saturated carbocycles. The summed E-state index contributed by atoms with van der Waals surface area (Å²) in [6.45, 7) is 3.21. The molecule has 0 amide bonds. The standard InChI is InChI=1S/C12H21N3/c1-3-7-15-9-11(8-14-15)12(13-2)10-5-4-6-10/h8-10,12-13H,3-7H2,1-2H3. The van der Waals surface area contributed by atoms with Gasteiger partial charge >= 0.3 is 0 Å². The van der Waals surface area contributed by atoms with E-state index in [0.717, 1.165) is 18.9 Å². The summed E-state index contributed by atoms with van der Waals surface area (Å²) in [5, 5.41) is 7.81. The van der Waals surface area contributed by atoms with E-state index >= 15 is 0 Å². The molecular formula is C12H21N3. The fourth-order valence-electron chi connectivity index (χ4n) is 2.34. The first kappa shape index (κ1) is 10.7. The third kappa shape index (κ3) is 2.23. The summed E-state index contributed by atoms with van der Waals surface area (Å²) >= 11 is 0. The Morgan fingerprint density at radius 1 is 1.60 bits per heavy atom. The molecule has 0 aliphatic heterocycles. The van der Waals surface area contributed by atoms with E-state index in [4.69, 9.17) is 0 Å². The van der Waals surface area contributed by atoms with E-state index in [2.05, 4.69) is 35.3 Å². The SMILES string of the molecule is CCCn1cc(C(NC)C2CCC2)cn1. The quantitative estimate of drug-likeness (QED) is 0.803. The predicted molar refractivity (Wildman–Crippen MR) is 61.7 cm³/mol. The van der Waals surface area contributed by atoms with Crippen LogP contribution in [0.3, 0.4) is 0 Å². The zero-order valence-electron chi connectivity index (χ0n) is 9.74. The van der Waals surface area contributed by atoms with Crippen LogP contribution in [0.4, 0.5) is 0 Å². The fourth-order valence-corrected chi connectivity index (χ4v) is 2.34. The number of nitrogens with one attached hydrogen (secondary N) is 1. The maximum absolute atomic E-state index is 4.39. The Kier molecular flexibility index (Phi) is 3.41. The van der Waals surface area contributed by atoms with Gasteiger partial charge in [0.25, 0.3) is 0 Å². The molecule has 3 nitrogen and oxygen atoms in total. The van der Waals surface area contributed by atoms with Gasteiger partial charge in [-0.1, -0.05) is 13.3 Å². The Hall–Kier alpha value is -0.830. The average Bonchev–Trinajstić information content (AvgIpc) is 2.60. The molecule has 1 atom stereocenters. The second-order valence-electron chi connectivity index (χ2n) is 4.49. The molecule has 0 spiro atoms. The minimum Gasteiger partial charge on any atom is -0.313 e. The lowest BCUT2D eigenvalue weighted by Crippen LogP contribution is -2.29. The molecular weight excluding hydrogens is 186 g/mol. The van der Waals surface area contributed by atoms with Crippen molar-refractivity contribution in [1.29, 1.82) is 0 Å². The first-order valence-corrected chi connectivity index (χ1v) is 6.04.